The maximum Gasteiger partial charge on any atom is 0.246 e. The predicted octanol–water partition coefficient (Wildman–Crippen LogP) is 3.21. The quantitative estimate of drug-likeness (QED) is 0.573. The summed E-state index contributed by atoms with van der Waals surface area (Å²) in [5, 5.41) is 3.17. The van der Waals surface area contributed by atoms with E-state index in [0.717, 1.165) is 11.6 Å². The van der Waals surface area contributed by atoms with Gasteiger partial charge in [0.15, 0.2) is 0 Å². The van der Waals surface area contributed by atoms with Crippen LogP contribution in [-0.2, 0) is 16.7 Å². The maximum absolute atomic E-state index is 14.0. The van der Waals surface area contributed by atoms with Gasteiger partial charge in [-0.3, -0.25) is 10.00 Å². The van der Waals surface area contributed by atoms with Crippen molar-refractivity contribution in [3.8, 4) is 0 Å². The molecule has 0 spiro atoms. The number of hydrogen-bond donors (Lipinski definition) is 1. The van der Waals surface area contributed by atoms with E-state index in [1.165, 1.54) is 22.5 Å². The fourth-order valence-electron chi connectivity index (χ4n) is 3.39. The summed E-state index contributed by atoms with van der Waals surface area (Å²) in [6.07, 6.45) is 3.81. The molecule has 1 saturated heterocycles. The number of piperazine rings is 1. The smallest absolute Gasteiger partial charge is 0.246 e. The topological polar surface area (TPSA) is 74.2 Å². The maximum atomic E-state index is 14.0. The molecule has 3 aromatic rings. The number of benzene rings is 2. The van der Waals surface area contributed by atoms with E-state index in [0.29, 0.717) is 30.4 Å². The van der Waals surface area contributed by atoms with Crippen molar-refractivity contribution in [3.05, 3.63) is 76.6 Å². The Morgan fingerprint density at radius 1 is 1.00 bits per heavy atom. The molecule has 0 radical (unpaired) electrons. The molecular weight excluding hydrogens is 437 g/mol. The first-order valence-electron chi connectivity index (χ1n) is 9.80. The normalized spacial score (nSPS) is 16.2. The van der Waals surface area contributed by atoms with Crippen molar-refractivity contribution in [2.75, 3.05) is 26.2 Å². The Kier molecular flexibility index (Phi) is 6.42. The first kappa shape index (κ1) is 21.6. The van der Waals surface area contributed by atoms with Gasteiger partial charge in [-0.15, -0.1) is 0 Å². The van der Waals surface area contributed by atoms with Crippen molar-refractivity contribution in [1.82, 2.24) is 24.0 Å². The molecule has 0 aliphatic carbocycles. The molecule has 1 fully saturated rings. The Labute approximate surface area is 185 Å². The van der Waals surface area contributed by atoms with Crippen LogP contribution in [0.1, 0.15) is 11.4 Å². The average molecular weight is 460 g/mol. The molecule has 0 saturated carbocycles. The Hall–Kier alpha value is -2.66. The number of aromatic nitrogens is 3. The average Bonchev–Trinajstić information content (AvgIpc) is 3.13. The van der Waals surface area contributed by atoms with Crippen LogP contribution in [0.5, 0.6) is 0 Å². The molecule has 4 rings (SSSR count). The molecule has 1 aliphatic heterocycles. The molecule has 31 heavy (non-hydrogen) atoms. The number of sulfonamides is 1. The van der Waals surface area contributed by atoms with Crippen LogP contribution in [0.3, 0.4) is 0 Å². The predicted molar refractivity (Wildman–Crippen MR) is 120 cm³/mol. The Balaban J connectivity index is 1.38. The van der Waals surface area contributed by atoms with Crippen molar-refractivity contribution in [2.45, 2.75) is 11.6 Å². The van der Waals surface area contributed by atoms with E-state index in [1.54, 1.807) is 4.68 Å². The van der Waals surface area contributed by atoms with Gasteiger partial charge in [0.25, 0.3) is 0 Å². The summed E-state index contributed by atoms with van der Waals surface area (Å²) in [6, 6.07) is 15.3. The van der Waals surface area contributed by atoms with Crippen LogP contribution in [0.4, 0.5) is 4.39 Å². The Morgan fingerprint density at radius 3 is 2.39 bits per heavy atom. The Morgan fingerprint density at radius 2 is 1.68 bits per heavy atom. The summed E-state index contributed by atoms with van der Waals surface area (Å²) in [7, 11) is -3.85. The second kappa shape index (κ2) is 9.23. The highest BCUT2D eigenvalue weighted by Crippen LogP contribution is 2.20. The van der Waals surface area contributed by atoms with Gasteiger partial charge in [0.05, 0.1) is 6.67 Å². The number of nitrogens with one attached hydrogen (secondary N) is 1. The number of nitrogens with zero attached hydrogens (tertiary/aromatic N) is 4. The number of rotatable bonds is 6. The fourth-order valence-corrected chi connectivity index (χ4v) is 5.08. The monoisotopic (exact) mass is 459 g/mol. The van der Waals surface area contributed by atoms with Gasteiger partial charge in [0.1, 0.15) is 16.5 Å². The molecule has 0 atom stereocenters. The molecule has 10 heteroatoms. The van der Waals surface area contributed by atoms with Crippen molar-refractivity contribution >= 4 is 34.4 Å². The van der Waals surface area contributed by atoms with E-state index < -0.39 is 15.8 Å². The minimum atomic E-state index is -3.85. The van der Waals surface area contributed by atoms with Gasteiger partial charge in [0, 0.05) is 26.2 Å². The molecule has 1 N–H and O–H groups in total. The second-order valence-corrected chi connectivity index (χ2v) is 9.43. The van der Waals surface area contributed by atoms with Crippen molar-refractivity contribution in [2.24, 2.45) is 0 Å². The van der Waals surface area contributed by atoms with Crippen LogP contribution in [0.2, 0.25) is 0 Å². The highest BCUT2D eigenvalue weighted by Gasteiger charge is 2.30. The van der Waals surface area contributed by atoms with Crippen molar-refractivity contribution in [3.63, 3.8) is 0 Å². The third-order valence-electron chi connectivity index (χ3n) is 5.06. The standard InChI is InChI=1S/C21H22FN5O2S2/c22-18-8-4-5-9-19(18)31(28,29)26-14-12-25(13-15-26)16-27-21(30)23-20(24-27)11-10-17-6-2-1-3-7-17/h1-11H,12-16H2,(H,23,24,30)/b11-10+. The molecule has 1 aromatic heterocycles. The zero-order valence-corrected chi connectivity index (χ0v) is 18.3. The van der Waals surface area contributed by atoms with Crippen molar-refractivity contribution < 1.29 is 12.8 Å². The van der Waals surface area contributed by atoms with Gasteiger partial charge in [-0.1, -0.05) is 48.5 Å². The van der Waals surface area contributed by atoms with E-state index in [9.17, 15) is 12.8 Å². The molecule has 2 aromatic carbocycles. The summed E-state index contributed by atoms with van der Waals surface area (Å²) in [4.78, 5) is 6.15. The molecule has 2 heterocycles. The first-order chi connectivity index (χ1) is 14.9. The van der Waals surface area contributed by atoms with E-state index in [1.807, 2.05) is 42.5 Å². The fraction of sp³-hybridized carbons (Fsp3) is 0.238. The van der Waals surface area contributed by atoms with E-state index in [-0.39, 0.29) is 18.0 Å². The van der Waals surface area contributed by atoms with E-state index in [2.05, 4.69) is 15.0 Å². The molecule has 0 unspecified atom stereocenters. The van der Waals surface area contributed by atoms with Gasteiger partial charge >= 0.3 is 0 Å². The van der Waals surface area contributed by atoms with Crippen LogP contribution < -0.4 is 0 Å². The minimum Gasteiger partial charge on any atom is -0.282 e. The van der Waals surface area contributed by atoms with Gasteiger partial charge in [0.2, 0.25) is 14.8 Å². The lowest BCUT2D eigenvalue weighted by Gasteiger charge is -2.33. The molecular formula is C21H22FN5O2S2. The summed E-state index contributed by atoms with van der Waals surface area (Å²) >= 11 is 5.34. The van der Waals surface area contributed by atoms with Gasteiger partial charge in [-0.2, -0.15) is 9.29 Å². The van der Waals surface area contributed by atoms with Crippen LogP contribution >= 0.6 is 12.2 Å². The van der Waals surface area contributed by atoms with Gasteiger partial charge < -0.3 is 0 Å². The highest BCUT2D eigenvalue weighted by molar-refractivity contribution is 7.89. The summed E-state index contributed by atoms with van der Waals surface area (Å²) in [5.74, 6) is -0.0839. The lowest BCUT2D eigenvalue weighted by Crippen LogP contribution is -2.49. The molecule has 162 valence electrons. The zero-order valence-electron chi connectivity index (χ0n) is 16.7. The minimum absolute atomic E-state index is 0.277. The van der Waals surface area contributed by atoms with Crippen LogP contribution in [0.25, 0.3) is 12.2 Å². The van der Waals surface area contributed by atoms with Gasteiger partial charge in [-0.05, 0) is 36.0 Å². The first-order valence-corrected chi connectivity index (χ1v) is 11.7. The summed E-state index contributed by atoms with van der Waals surface area (Å²) < 4.78 is 43.0. The lowest BCUT2D eigenvalue weighted by atomic mass is 10.2. The van der Waals surface area contributed by atoms with E-state index >= 15 is 0 Å². The van der Waals surface area contributed by atoms with Crippen LogP contribution in [0.15, 0.2) is 59.5 Å². The third-order valence-corrected chi connectivity index (χ3v) is 7.30. The number of H-pyrrole nitrogens is 1. The highest BCUT2D eigenvalue weighted by atomic mass is 32.2. The van der Waals surface area contributed by atoms with Gasteiger partial charge in [-0.25, -0.2) is 17.5 Å². The van der Waals surface area contributed by atoms with Crippen molar-refractivity contribution in [1.29, 1.82) is 0 Å². The third kappa shape index (κ3) is 4.99. The largest absolute Gasteiger partial charge is 0.282 e. The number of halogens is 1. The summed E-state index contributed by atoms with van der Waals surface area (Å²) in [5.41, 5.74) is 1.06. The zero-order chi connectivity index (χ0) is 21.8. The lowest BCUT2D eigenvalue weighted by molar-refractivity contribution is 0.144. The number of aromatic amines is 1. The molecule has 1 aliphatic rings. The Bertz CT molecular complexity index is 1230. The molecule has 0 amide bonds. The SMILES string of the molecule is O=S(=O)(c1ccccc1F)N1CCN(Cn2[nH]c(/C=C/c3ccccc3)nc2=S)CC1. The van der Waals surface area contributed by atoms with Crippen LogP contribution in [-0.4, -0.2) is 58.6 Å². The molecule has 7 nitrogen and oxygen atoms in total. The van der Waals surface area contributed by atoms with E-state index in [4.69, 9.17) is 12.2 Å². The summed E-state index contributed by atoms with van der Waals surface area (Å²) in [6.45, 7) is 2.03. The number of hydrogen-bond acceptors (Lipinski definition) is 5. The molecule has 0 bridgehead atoms. The van der Waals surface area contributed by atoms with Crippen LogP contribution in [0, 0.1) is 10.6 Å². The second-order valence-electron chi connectivity index (χ2n) is 7.16.